The number of esters is 1. The van der Waals surface area contributed by atoms with Crippen molar-refractivity contribution in [2.45, 2.75) is 33.4 Å². The minimum Gasteiger partial charge on any atom is -0.464 e. The Labute approximate surface area is 190 Å². The van der Waals surface area contributed by atoms with E-state index >= 15 is 0 Å². The number of nitrogens with zero attached hydrogens (tertiary/aromatic N) is 2. The number of para-hydroxylation sites is 1. The SMILES string of the molecule is CCOC(=O)[C@@H](C)N1C(=O)S/C(=C/c2cn(Cc3cccc(C)c3)c3ccccc23)C1=O. The van der Waals surface area contributed by atoms with E-state index in [0.717, 1.165) is 33.1 Å². The van der Waals surface area contributed by atoms with Crippen molar-refractivity contribution in [1.82, 2.24) is 9.47 Å². The van der Waals surface area contributed by atoms with Gasteiger partial charge in [0.1, 0.15) is 6.04 Å². The summed E-state index contributed by atoms with van der Waals surface area (Å²) in [4.78, 5) is 38.8. The highest BCUT2D eigenvalue weighted by Gasteiger charge is 2.41. The Morgan fingerprint density at radius 3 is 2.69 bits per heavy atom. The zero-order valence-corrected chi connectivity index (χ0v) is 19.0. The number of hydrogen-bond acceptors (Lipinski definition) is 5. The van der Waals surface area contributed by atoms with Crippen LogP contribution in [0, 0.1) is 6.92 Å². The zero-order valence-electron chi connectivity index (χ0n) is 18.2. The highest BCUT2D eigenvalue weighted by atomic mass is 32.2. The van der Waals surface area contributed by atoms with Crippen LogP contribution in [0.3, 0.4) is 0 Å². The van der Waals surface area contributed by atoms with Crippen LogP contribution in [0.4, 0.5) is 4.79 Å². The molecule has 1 saturated heterocycles. The zero-order chi connectivity index (χ0) is 22.8. The molecule has 0 spiro atoms. The molecule has 1 atom stereocenters. The maximum atomic E-state index is 12.9. The van der Waals surface area contributed by atoms with E-state index in [1.165, 1.54) is 18.1 Å². The summed E-state index contributed by atoms with van der Waals surface area (Å²) in [5, 5.41) is 0.524. The number of carbonyl (C=O) groups is 3. The fourth-order valence-electron chi connectivity index (χ4n) is 3.85. The van der Waals surface area contributed by atoms with Crippen LogP contribution in [0.1, 0.15) is 30.5 Å². The first kappa shape index (κ1) is 21.9. The average molecular weight is 449 g/mol. The van der Waals surface area contributed by atoms with Gasteiger partial charge in [0.25, 0.3) is 11.1 Å². The summed E-state index contributed by atoms with van der Waals surface area (Å²) in [5.41, 5.74) is 4.27. The summed E-state index contributed by atoms with van der Waals surface area (Å²) in [5.74, 6) is -1.07. The third-order valence-electron chi connectivity index (χ3n) is 5.38. The minimum absolute atomic E-state index is 0.190. The number of amides is 2. The Balaban J connectivity index is 1.68. The molecule has 6 nitrogen and oxygen atoms in total. The minimum atomic E-state index is -0.962. The number of thioether (sulfide) groups is 1. The molecule has 0 bridgehead atoms. The van der Waals surface area contributed by atoms with Crippen LogP contribution in [0.2, 0.25) is 0 Å². The van der Waals surface area contributed by atoms with Crippen LogP contribution in [0.25, 0.3) is 17.0 Å². The highest BCUT2D eigenvalue weighted by Crippen LogP contribution is 2.35. The second-order valence-electron chi connectivity index (χ2n) is 7.70. The van der Waals surface area contributed by atoms with E-state index in [9.17, 15) is 14.4 Å². The van der Waals surface area contributed by atoms with E-state index in [-0.39, 0.29) is 6.61 Å². The van der Waals surface area contributed by atoms with Gasteiger partial charge in [0, 0.05) is 29.2 Å². The molecule has 3 aromatic rings. The molecule has 164 valence electrons. The largest absolute Gasteiger partial charge is 0.464 e. The number of carbonyl (C=O) groups excluding carboxylic acids is 3. The molecule has 2 heterocycles. The van der Waals surface area contributed by atoms with Crippen LogP contribution >= 0.6 is 11.8 Å². The van der Waals surface area contributed by atoms with Gasteiger partial charge in [-0.2, -0.15) is 0 Å². The van der Waals surface area contributed by atoms with Crippen LogP contribution in [0.15, 0.2) is 59.6 Å². The van der Waals surface area contributed by atoms with Gasteiger partial charge in [0.2, 0.25) is 0 Å². The first-order valence-electron chi connectivity index (χ1n) is 10.5. The maximum absolute atomic E-state index is 12.9. The predicted octanol–water partition coefficient (Wildman–Crippen LogP) is 4.99. The summed E-state index contributed by atoms with van der Waals surface area (Å²) in [6.45, 7) is 6.14. The van der Waals surface area contributed by atoms with Gasteiger partial charge in [-0.1, -0.05) is 48.0 Å². The molecule has 4 rings (SSSR count). The van der Waals surface area contributed by atoms with Gasteiger partial charge in [-0.05, 0) is 50.2 Å². The van der Waals surface area contributed by atoms with Crippen molar-refractivity contribution >= 4 is 45.9 Å². The fraction of sp³-hybridized carbons (Fsp3) is 0.240. The van der Waals surface area contributed by atoms with Crippen molar-refractivity contribution in [3.05, 3.63) is 76.3 Å². The number of imide groups is 1. The van der Waals surface area contributed by atoms with Crippen molar-refractivity contribution in [2.75, 3.05) is 6.61 Å². The third kappa shape index (κ3) is 4.21. The lowest BCUT2D eigenvalue weighted by Crippen LogP contribution is -2.42. The van der Waals surface area contributed by atoms with Gasteiger partial charge in [-0.15, -0.1) is 0 Å². The summed E-state index contributed by atoms with van der Waals surface area (Å²) < 4.78 is 7.12. The molecular formula is C25H24N2O4S. The number of hydrogen-bond donors (Lipinski definition) is 0. The number of benzene rings is 2. The molecule has 0 unspecified atom stereocenters. The number of fused-ring (bicyclic) bond motifs is 1. The van der Waals surface area contributed by atoms with E-state index in [4.69, 9.17) is 4.74 Å². The van der Waals surface area contributed by atoms with E-state index in [1.54, 1.807) is 13.0 Å². The number of rotatable bonds is 6. The first-order valence-corrected chi connectivity index (χ1v) is 11.3. The Kier molecular flexibility index (Phi) is 6.19. The highest BCUT2D eigenvalue weighted by molar-refractivity contribution is 8.18. The van der Waals surface area contributed by atoms with E-state index in [0.29, 0.717) is 11.4 Å². The van der Waals surface area contributed by atoms with Crippen molar-refractivity contribution < 1.29 is 19.1 Å². The van der Waals surface area contributed by atoms with Gasteiger partial charge >= 0.3 is 5.97 Å². The molecular weight excluding hydrogens is 424 g/mol. The molecule has 0 aliphatic carbocycles. The molecule has 2 aromatic carbocycles. The van der Waals surface area contributed by atoms with E-state index < -0.39 is 23.2 Å². The van der Waals surface area contributed by atoms with E-state index in [2.05, 4.69) is 29.7 Å². The van der Waals surface area contributed by atoms with Crippen molar-refractivity contribution in [3.63, 3.8) is 0 Å². The number of aromatic nitrogens is 1. The summed E-state index contributed by atoms with van der Waals surface area (Å²) in [6, 6.07) is 15.3. The van der Waals surface area contributed by atoms with Gasteiger partial charge in [0.15, 0.2) is 0 Å². The normalized spacial score (nSPS) is 16.2. The van der Waals surface area contributed by atoms with Crippen LogP contribution in [-0.2, 0) is 20.9 Å². The molecule has 0 radical (unpaired) electrons. The Morgan fingerprint density at radius 2 is 1.94 bits per heavy atom. The predicted molar refractivity (Wildman–Crippen MR) is 126 cm³/mol. The molecule has 1 aromatic heterocycles. The van der Waals surface area contributed by atoms with Gasteiger partial charge in [-0.3, -0.25) is 14.5 Å². The van der Waals surface area contributed by atoms with Crippen molar-refractivity contribution in [3.8, 4) is 0 Å². The van der Waals surface area contributed by atoms with Crippen LogP contribution in [-0.4, -0.2) is 39.2 Å². The molecule has 1 aliphatic heterocycles. The van der Waals surface area contributed by atoms with Crippen molar-refractivity contribution in [2.24, 2.45) is 0 Å². The number of ether oxygens (including phenoxy) is 1. The summed E-state index contributed by atoms with van der Waals surface area (Å²) in [7, 11) is 0. The Hall–Kier alpha value is -3.32. The second-order valence-corrected chi connectivity index (χ2v) is 8.69. The lowest BCUT2D eigenvalue weighted by molar-refractivity contribution is -0.150. The lowest BCUT2D eigenvalue weighted by Gasteiger charge is -2.19. The number of aryl methyl sites for hydroxylation is 1. The quantitative estimate of drug-likeness (QED) is 0.393. The average Bonchev–Trinajstić information content (AvgIpc) is 3.24. The van der Waals surface area contributed by atoms with Crippen LogP contribution < -0.4 is 0 Å². The van der Waals surface area contributed by atoms with E-state index in [1.807, 2.05) is 36.5 Å². The van der Waals surface area contributed by atoms with Crippen LogP contribution in [0.5, 0.6) is 0 Å². The Morgan fingerprint density at radius 1 is 1.16 bits per heavy atom. The third-order valence-corrected chi connectivity index (χ3v) is 6.26. The summed E-state index contributed by atoms with van der Waals surface area (Å²) >= 11 is 0.846. The molecule has 1 aliphatic rings. The molecule has 32 heavy (non-hydrogen) atoms. The molecule has 0 N–H and O–H groups in total. The summed E-state index contributed by atoms with van der Waals surface area (Å²) in [6.07, 6.45) is 3.73. The van der Waals surface area contributed by atoms with Gasteiger partial charge < -0.3 is 9.30 Å². The second kappa shape index (κ2) is 9.04. The Bertz CT molecular complexity index is 1240. The molecule has 0 saturated carbocycles. The maximum Gasteiger partial charge on any atom is 0.329 e. The molecule has 7 heteroatoms. The lowest BCUT2D eigenvalue weighted by atomic mass is 10.1. The smallest absolute Gasteiger partial charge is 0.329 e. The topological polar surface area (TPSA) is 68.6 Å². The first-order chi connectivity index (χ1) is 15.4. The van der Waals surface area contributed by atoms with Gasteiger partial charge in [-0.25, -0.2) is 4.79 Å². The van der Waals surface area contributed by atoms with Crippen molar-refractivity contribution in [1.29, 1.82) is 0 Å². The monoisotopic (exact) mass is 448 g/mol. The standard InChI is InChI=1S/C25H24N2O4S/c1-4-31-24(29)17(3)27-23(28)22(32-25(27)30)13-19-15-26(21-11-6-5-10-20(19)21)14-18-9-7-8-16(2)12-18/h5-13,15,17H,4,14H2,1-3H3/b22-13+/t17-/m1/s1. The molecule has 1 fully saturated rings. The fourth-order valence-corrected chi connectivity index (χ4v) is 4.75. The van der Waals surface area contributed by atoms with Gasteiger partial charge in [0.05, 0.1) is 11.5 Å². The molecule has 2 amide bonds.